The summed E-state index contributed by atoms with van der Waals surface area (Å²) in [4.78, 5) is 29.6. The number of benzene rings is 1. The van der Waals surface area contributed by atoms with Gasteiger partial charge in [-0.05, 0) is 30.3 Å². The molecule has 0 bridgehead atoms. The van der Waals surface area contributed by atoms with Crippen LogP contribution >= 0.6 is 11.6 Å². The van der Waals surface area contributed by atoms with Gasteiger partial charge in [-0.15, -0.1) is 0 Å². The molecule has 0 unspecified atom stereocenters. The average Bonchev–Trinajstić information content (AvgIpc) is 2.53. The zero-order chi connectivity index (χ0) is 17.0. The number of hydrogen-bond acceptors (Lipinski definition) is 4. The fourth-order valence-corrected chi connectivity index (χ4v) is 2.12. The molecule has 0 saturated carbocycles. The second-order valence-corrected chi connectivity index (χ2v) is 5.34. The number of ether oxygens (including phenoxy) is 1. The maximum Gasteiger partial charge on any atom is 0.272 e. The number of amides is 2. The van der Waals surface area contributed by atoms with Crippen molar-refractivity contribution in [2.45, 2.75) is 0 Å². The van der Waals surface area contributed by atoms with Crippen molar-refractivity contribution in [3.63, 3.8) is 0 Å². The molecule has 1 N–H and O–H groups in total. The molecule has 6 nitrogen and oxygen atoms in total. The molecule has 1 aromatic heterocycles. The smallest absolute Gasteiger partial charge is 0.272 e. The predicted molar refractivity (Wildman–Crippen MR) is 88.2 cm³/mol. The quantitative estimate of drug-likeness (QED) is 0.933. The van der Waals surface area contributed by atoms with Crippen molar-refractivity contribution in [1.82, 2.24) is 9.88 Å². The fourth-order valence-electron chi connectivity index (χ4n) is 1.86. The van der Waals surface area contributed by atoms with Crippen LogP contribution in [0.2, 0.25) is 5.02 Å². The van der Waals surface area contributed by atoms with Crippen molar-refractivity contribution >= 4 is 29.1 Å². The first-order valence-electron chi connectivity index (χ1n) is 6.75. The van der Waals surface area contributed by atoms with Gasteiger partial charge in [0.25, 0.3) is 11.8 Å². The molecule has 23 heavy (non-hydrogen) atoms. The van der Waals surface area contributed by atoms with Crippen molar-refractivity contribution in [3.8, 4) is 5.75 Å². The Morgan fingerprint density at radius 1 is 1.22 bits per heavy atom. The van der Waals surface area contributed by atoms with Gasteiger partial charge < -0.3 is 15.0 Å². The minimum absolute atomic E-state index is 0.244. The summed E-state index contributed by atoms with van der Waals surface area (Å²) < 4.78 is 5.05. The van der Waals surface area contributed by atoms with Gasteiger partial charge in [0.15, 0.2) is 0 Å². The monoisotopic (exact) mass is 333 g/mol. The molecule has 7 heteroatoms. The normalized spacial score (nSPS) is 10.1. The van der Waals surface area contributed by atoms with Gasteiger partial charge in [-0.3, -0.25) is 14.6 Å². The minimum atomic E-state index is -0.382. The van der Waals surface area contributed by atoms with Crippen LogP contribution in [0.1, 0.15) is 20.8 Å². The number of pyridine rings is 1. The number of hydrogen-bond donors (Lipinski definition) is 1. The number of rotatable bonds is 4. The van der Waals surface area contributed by atoms with Crippen LogP contribution in [0.4, 0.5) is 5.69 Å². The molecule has 1 heterocycles. The number of halogens is 1. The van der Waals surface area contributed by atoms with Crippen LogP contribution in [-0.2, 0) is 0 Å². The van der Waals surface area contributed by atoms with Gasteiger partial charge in [0, 0.05) is 26.0 Å². The van der Waals surface area contributed by atoms with Gasteiger partial charge in [-0.25, -0.2) is 0 Å². The molecule has 0 radical (unpaired) electrons. The summed E-state index contributed by atoms with van der Waals surface area (Å²) in [5.74, 6) is -0.0648. The lowest BCUT2D eigenvalue weighted by molar-refractivity contribution is 0.0821. The molecule has 0 spiro atoms. The van der Waals surface area contributed by atoms with Crippen LogP contribution in [-0.4, -0.2) is 42.9 Å². The van der Waals surface area contributed by atoms with Crippen LogP contribution in [0.5, 0.6) is 5.75 Å². The Morgan fingerprint density at radius 3 is 2.57 bits per heavy atom. The summed E-state index contributed by atoms with van der Waals surface area (Å²) in [5, 5.41) is 2.97. The highest BCUT2D eigenvalue weighted by Gasteiger charge is 2.14. The van der Waals surface area contributed by atoms with Gasteiger partial charge in [0.05, 0.1) is 17.7 Å². The lowest BCUT2D eigenvalue weighted by Crippen LogP contribution is -2.23. The molecule has 2 rings (SSSR count). The first-order valence-corrected chi connectivity index (χ1v) is 7.12. The first-order chi connectivity index (χ1) is 10.9. The Hall–Kier alpha value is -2.60. The van der Waals surface area contributed by atoms with Gasteiger partial charge >= 0.3 is 0 Å². The van der Waals surface area contributed by atoms with Crippen molar-refractivity contribution in [2.75, 3.05) is 26.5 Å². The van der Waals surface area contributed by atoms with Crippen LogP contribution < -0.4 is 10.1 Å². The highest BCUT2D eigenvalue weighted by atomic mass is 35.5. The van der Waals surface area contributed by atoms with Crippen LogP contribution in [0.25, 0.3) is 0 Å². The van der Waals surface area contributed by atoms with E-state index in [1.807, 2.05) is 0 Å². The van der Waals surface area contributed by atoms with Crippen molar-refractivity contribution in [1.29, 1.82) is 0 Å². The van der Waals surface area contributed by atoms with Gasteiger partial charge in [0.1, 0.15) is 11.4 Å². The summed E-state index contributed by atoms with van der Waals surface area (Å²) in [6.07, 6.45) is 1.46. The zero-order valence-corrected chi connectivity index (χ0v) is 13.7. The minimum Gasteiger partial charge on any atom is -0.497 e. The maximum absolute atomic E-state index is 12.3. The van der Waals surface area contributed by atoms with E-state index in [4.69, 9.17) is 16.3 Å². The van der Waals surface area contributed by atoms with E-state index in [2.05, 4.69) is 10.3 Å². The van der Waals surface area contributed by atoms with Crippen LogP contribution in [0.15, 0.2) is 36.5 Å². The number of carbonyl (C=O) groups is 2. The van der Waals surface area contributed by atoms with E-state index in [-0.39, 0.29) is 22.5 Å². The summed E-state index contributed by atoms with van der Waals surface area (Å²) in [6.45, 7) is 0. The molecule has 0 aliphatic carbocycles. The Labute approximate surface area is 139 Å². The standard InChI is InChI=1S/C16H16ClN3O3/c1-20(2)16(22)14-8-10(6-7-18-14)19-15(21)12-5-4-11(23-3)9-13(12)17/h4-9H,1-3H3,(H,18,19,21). The third-order valence-electron chi connectivity index (χ3n) is 3.06. The molecule has 0 aliphatic heterocycles. The Bertz CT molecular complexity index is 747. The zero-order valence-electron chi connectivity index (χ0n) is 13.0. The number of nitrogens with zero attached hydrogens (tertiary/aromatic N) is 2. The molecular formula is C16H16ClN3O3. The van der Waals surface area contributed by atoms with Gasteiger partial charge in [-0.2, -0.15) is 0 Å². The second-order valence-electron chi connectivity index (χ2n) is 4.93. The fraction of sp³-hybridized carbons (Fsp3) is 0.188. The lowest BCUT2D eigenvalue weighted by Gasteiger charge is -2.11. The summed E-state index contributed by atoms with van der Waals surface area (Å²) in [5.41, 5.74) is 1.01. The number of carbonyl (C=O) groups excluding carboxylic acids is 2. The van der Waals surface area contributed by atoms with E-state index in [1.165, 1.54) is 24.3 Å². The maximum atomic E-state index is 12.3. The number of nitrogens with one attached hydrogen (secondary N) is 1. The molecule has 0 fully saturated rings. The predicted octanol–water partition coefficient (Wildman–Crippen LogP) is 2.70. The molecule has 120 valence electrons. The van der Waals surface area contributed by atoms with Crippen molar-refractivity contribution in [3.05, 3.63) is 52.8 Å². The lowest BCUT2D eigenvalue weighted by atomic mass is 10.2. The molecule has 2 amide bonds. The molecule has 1 aromatic carbocycles. The third kappa shape index (κ3) is 3.98. The van der Waals surface area contributed by atoms with Crippen LogP contribution in [0.3, 0.4) is 0 Å². The second kappa shape index (κ2) is 7.11. The Balaban J connectivity index is 2.20. The third-order valence-corrected chi connectivity index (χ3v) is 3.38. The SMILES string of the molecule is COc1ccc(C(=O)Nc2ccnc(C(=O)N(C)C)c2)c(Cl)c1. The van der Waals surface area contributed by atoms with Gasteiger partial charge in [0.2, 0.25) is 0 Å². The van der Waals surface area contributed by atoms with Crippen molar-refractivity contribution in [2.24, 2.45) is 0 Å². The topological polar surface area (TPSA) is 71.5 Å². The van der Waals surface area contributed by atoms with E-state index in [0.717, 1.165) is 0 Å². The molecule has 0 saturated heterocycles. The largest absolute Gasteiger partial charge is 0.497 e. The first kappa shape index (κ1) is 16.8. The summed E-state index contributed by atoms with van der Waals surface area (Å²) in [6, 6.07) is 7.89. The highest BCUT2D eigenvalue weighted by molar-refractivity contribution is 6.34. The highest BCUT2D eigenvalue weighted by Crippen LogP contribution is 2.23. The molecule has 0 aliphatic rings. The Morgan fingerprint density at radius 2 is 1.96 bits per heavy atom. The van der Waals surface area contributed by atoms with Crippen LogP contribution in [0, 0.1) is 0 Å². The molecule has 2 aromatic rings. The van der Waals surface area contributed by atoms with E-state index >= 15 is 0 Å². The van der Waals surface area contributed by atoms with Crippen molar-refractivity contribution < 1.29 is 14.3 Å². The summed E-state index contributed by atoms with van der Waals surface area (Å²) >= 11 is 6.08. The summed E-state index contributed by atoms with van der Waals surface area (Å²) in [7, 11) is 4.78. The van der Waals surface area contributed by atoms with E-state index in [9.17, 15) is 9.59 Å². The average molecular weight is 334 g/mol. The van der Waals surface area contributed by atoms with E-state index < -0.39 is 0 Å². The van der Waals surface area contributed by atoms with Gasteiger partial charge in [-0.1, -0.05) is 11.6 Å². The Kier molecular flexibility index (Phi) is 5.18. The van der Waals surface area contributed by atoms with E-state index in [0.29, 0.717) is 17.0 Å². The number of aromatic nitrogens is 1. The van der Waals surface area contributed by atoms with E-state index in [1.54, 1.807) is 38.4 Å². The number of anilines is 1. The molecule has 0 atom stereocenters. The molecular weight excluding hydrogens is 318 g/mol. The number of methoxy groups -OCH3 is 1.